The van der Waals surface area contributed by atoms with E-state index in [4.69, 9.17) is 17.9 Å². The van der Waals surface area contributed by atoms with Crippen LogP contribution in [0.5, 0.6) is 0 Å². The van der Waals surface area contributed by atoms with E-state index in [1.54, 1.807) is 0 Å². The second-order valence-electron chi connectivity index (χ2n) is 3.18. The minimum atomic E-state index is -0.629. The molecule has 0 aliphatic carbocycles. The number of benzene rings is 1. The monoisotopic (exact) mass is 267 g/mol. The molecule has 0 atom stereocenters. The van der Waals surface area contributed by atoms with Crippen LogP contribution in [0.2, 0.25) is 16.8 Å². The molecule has 1 rings (SSSR count). The van der Waals surface area contributed by atoms with Gasteiger partial charge in [-0.05, 0) is 0 Å². The molecule has 0 aliphatic rings. The van der Waals surface area contributed by atoms with Gasteiger partial charge < -0.3 is 12.6 Å². The molecule has 0 unspecified atom stereocenters. The molecular weight excluding hydrogens is 251 g/mol. The Morgan fingerprint density at radius 1 is 1.29 bits per heavy atom. The fraction of sp³-hybridized carbons (Fsp3) is 0.364. The SMILES string of the molecule is [CH3][Ge]([CH3])[CH2]CC#N.[S-]c1ccccc1. The Labute approximate surface area is 96.7 Å². The number of nitrogens with zero attached hydrogens (tertiary/aromatic N) is 1. The molecule has 0 heterocycles. The van der Waals surface area contributed by atoms with Gasteiger partial charge in [-0.15, -0.1) is 0 Å². The first-order valence-corrected chi connectivity index (χ1v) is 10.6. The topological polar surface area (TPSA) is 23.8 Å². The molecule has 0 bridgehead atoms. The quantitative estimate of drug-likeness (QED) is 0.606. The van der Waals surface area contributed by atoms with E-state index in [2.05, 4.69) is 17.6 Å². The van der Waals surface area contributed by atoms with Crippen molar-refractivity contribution in [3.8, 4) is 6.07 Å². The van der Waals surface area contributed by atoms with Gasteiger partial charge in [0.05, 0.1) is 0 Å². The number of hydrogen-bond donors (Lipinski definition) is 0. The summed E-state index contributed by atoms with van der Waals surface area (Å²) in [5.41, 5.74) is 0. The van der Waals surface area contributed by atoms with Crippen LogP contribution in [-0.2, 0) is 12.6 Å². The average Bonchev–Trinajstić information content (AvgIpc) is 2.17. The van der Waals surface area contributed by atoms with Gasteiger partial charge in [0.25, 0.3) is 0 Å². The summed E-state index contributed by atoms with van der Waals surface area (Å²) >= 11 is 4.18. The Balaban J connectivity index is 0.000000241. The maximum atomic E-state index is 8.09. The van der Waals surface area contributed by atoms with Crippen molar-refractivity contribution in [1.29, 1.82) is 5.26 Å². The van der Waals surface area contributed by atoms with E-state index in [0.717, 1.165) is 11.3 Å². The zero-order valence-corrected chi connectivity index (χ0v) is 11.6. The Kier molecular flexibility index (Phi) is 8.70. The maximum Gasteiger partial charge on any atom is -0.0624 e. The van der Waals surface area contributed by atoms with Crippen LogP contribution in [0.4, 0.5) is 0 Å². The van der Waals surface area contributed by atoms with Crippen molar-refractivity contribution in [2.24, 2.45) is 0 Å². The Morgan fingerprint density at radius 2 is 1.86 bits per heavy atom. The smallest absolute Gasteiger partial charge is 0.0624 e. The Morgan fingerprint density at radius 3 is 2.07 bits per heavy atom. The van der Waals surface area contributed by atoms with Crippen LogP contribution in [0.3, 0.4) is 0 Å². The van der Waals surface area contributed by atoms with Gasteiger partial charge >= 0.3 is 48.9 Å². The first-order chi connectivity index (χ1) is 6.66. The summed E-state index contributed by atoms with van der Waals surface area (Å²) in [6, 6.07) is 11.8. The van der Waals surface area contributed by atoms with Crippen LogP contribution in [0, 0.1) is 11.3 Å². The minimum Gasteiger partial charge on any atom is -0.780 e. The second-order valence-corrected chi connectivity index (χ2v) is 9.76. The van der Waals surface area contributed by atoms with E-state index >= 15 is 0 Å². The van der Waals surface area contributed by atoms with E-state index < -0.39 is 14.3 Å². The molecule has 3 heteroatoms. The standard InChI is InChI=1S/C6H6S.C5H10GeN/c7-6-4-2-1-3-5-6;1-6(2)4-3-5-7/h1-5,7H;3-4H2,1-2H3/p-1. The third kappa shape index (κ3) is 9.56. The van der Waals surface area contributed by atoms with Crippen molar-refractivity contribution >= 4 is 27.0 Å². The van der Waals surface area contributed by atoms with Crippen LogP contribution in [0.25, 0.3) is 0 Å². The summed E-state index contributed by atoms with van der Waals surface area (Å²) in [6.45, 7) is 0. The number of nitriles is 1. The summed E-state index contributed by atoms with van der Waals surface area (Å²) in [7, 11) is 0. The molecule has 0 aromatic heterocycles. The van der Waals surface area contributed by atoms with E-state index in [1.165, 1.54) is 5.25 Å². The van der Waals surface area contributed by atoms with Gasteiger partial charge in [0.15, 0.2) is 0 Å². The van der Waals surface area contributed by atoms with Crippen LogP contribution >= 0.6 is 0 Å². The molecular formula is C11H15GeNS-. The van der Waals surface area contributed by atoms with Gasteiger partial charge in [-0.3, -0.25) is 0 Å². The van der Waals surface area contributed by atoms with Crippen LogP contribution < -0.4 is 0 Å². The molecule has 0 spiro atoms. The van der Waals surface area contributed by atoms with Crippen LogP contribution in [-0.4, -0.2) is 14.3 Å². The summed E-state index contributed by atoms with van der Waals surface area (Å²) < 4.78 is 0. The predicted octanol–water partition coefficient (Wildman–Crippen LogP) is 3.25. The molecule has 1 aromatic carbocycles. The zero-order valence-electron chi connectivity index (χ0n) is 8.66. The van der Waals surface area contributed by atoms with E-state index in [1.807, 2.05) is 30.3 Å². The average molecular weight is 266 g/mol. The predicted molar refractivity (Wildman–Crippen MR) is 64.6 cm³/mol. The second kappa shape index (κ2) is 9.04. The summed E-state index contributed by atoms with van der Waals surface area (Å²) in [5, 5.41) is 9.30. The third-order valence-electron chi connectivity index (χ3n) is 1.48. The molecule has 1 radical (unpaired) electrons. The first-order valence-electron chi connectivity index (χ1n) is 4.55. The zero-order chi connectivity index (χ0) is 10.8. The molecule has 0 saturated carbocycles. The molecule has 1 aromatic rings. The summed E-state index contributed by atoms with van der Waals surface area (Å²) in [4.78, 5) is 0.905. The molecule has 0 fully saturated rings. The summed E-state index contributed by atoms with van der Waals surface area (Å²) in [6.07, 6.45) is 0.780. The van der Waals surface area contributed by atoms with Gasteiger partial charge in [0.2, 0.25) is 0 Å². The number of rotatable bonds is 2. The maximum absolute atomic E-state index is 8.09. The molecule has 75 valence electrons. The van der Waals surface area contributed by atoms with Crippen LogP contribution in [0.1, 0.15) is 6.42 Å². The van der Waals surface area contributed by atoms with E-state index in [0.29, 0.717) is 0 Å². The normalized spacial score (nSPS) is 8.71. The Bertz CT molecular complexity index is 266. The van der Waals surface area contributed by atoms with Crippen molar-refractivity contribution in [3.63, 3.8) is 0 Å². The van der Waals surface area contributed by atoms with E-state index in [-0.39, 0.29) is 0 Å². The van der Waals surface area contributed by atoms with Crippen molar-refractivity contribution in [2.75, 3.05) is 0 Å². The van der Waals surface area contributed by atoms with Gasteiger partial charge in [0.1, 0.15) is 0 Å². The molecule has 14 heavy (non-hydrogen) atoms. The summed E-state index contributed by atoms with van der Waals surface area (Å²) in [5.74, 6) is 4.58. The minimum absolute atomic E-state index is 0.629. The fourth-order valence-corrected chi connectivity index (χ4v) is 2.17. The molecule has 0 amide bonds. The number of hydrogen-bond acceptors (Lipinski definition) is 2. The van der Waals surface area contributed by atoms with Crippen LogP contribution in [0.15, 0.2) is 35.2 Å². The van der Waals surface area contributed by atoms with E-state index in [9.17, 15) is 0 Å². The van der Waals surface area contributed by atoms with Crippen molar-refractivity contribution in [2.45, 2.75) is 28.1 Å². The molecule has 0 aliphatic heterocycles. The molecule has 0 saturated heterocycles. The fourth-order valence-electron chi connectivity index (χ4n) is 0.726. The van der Waals surface area contributed by atoms with Gasteiger partial charge in [-0.1, -0.05) is 30.3 Å². The molecule has 1 nitrogen and oxygen atoms in total. The van der Waals surface area contributed by atoms with Crippen molar-refractivity contribution in [3.05, 3.63) is 30.3 Å². The Hall–Kier alpha value is -0.527. The first kappa shape index (κ1) is 13.5. The largest absolute Gasteiger partial charge is 0.780 e. The third-order valence-corrected chi connectivity index (χ3v) is 4.37. The van der Waals surface area contributed by atoms with Crippen molar-refractivity contribution in [1.82, 2.24) is 0 Å². The van der Waals surface area contributed by atoms with Gasteiger partial charge in [-0.2, -0.15) is 4.90 Å². The van der Waals surface area contributed by atoms with Gasteiger partial charge in [-0.25, -0.2) is 0 Å². The van der Waals surface area contributed by atoms with Crippen molar-refractivity contribution < 1.29 is 0 Å². The van der Waals surface area contributed by atoms with Gasteiger partial charge in [0, 0.05) is 0 Å². The molecule has 0 N–H and O–H groups in total.